The molecule has 162 valence electrons. The molecule has 0 radical (unpaired) electrons. The molecule has 6 N–H and O–H groups in total. The van der Waals surface area contributed by atoms with Crippen molar-refractivity contribution in [2.75, 3.05) is 39.6 Å². The number of ether oxygens (including phenoxy) is 4. The Labute approximate surface area is 162 Å². The van der Waals surface area contributed by atoms with Gasteiger partial charge in [0.25, 0.3) is 0 Å². The van der Waals surface area contributed by atoms with E-state index in [4.69, 9.17) is 50.2 Å². The van der Waals surface area contributed by atoms with Gasteiger partial charge in [-0.15, -0.1) is 0 Å². The number of carbonyl (C=O) groups is 4. The molecule has 0 unspecified atom stereocenters. The summed E-state index contributed by atoms with van der Waals surface area (Å²) in [7, 11) is 0. The fraction of sp³-hybridized carbons (Fsp3) is 0.750. The fourth-order valence-corrected chi connectivity index (χ4v) is 1.93. The van der Waals surface area contributed by atoms with E-state index in [1.807, 2.05) is 0 Å². The Balaban J connectivity index is 0.000000411. The number of aliphatic carboxylic acids is 2. The molecule has 0 bridgehead atoms. The summed E-state index contributed by atoms with van der Waals surface area (Å²) in [6.07, 6.45) is 0.529. The van der Waals surface area contributed by atoms with Gasteiger partial charge in [-0.2, -0.15) is 0 Å². The van der Waals surface area contributed by atoms with Gasteiger partial charge in [0.15, 0.2) is 0 Å². The molecule has 0 aromatic rings. The van der Waals surface area contributed by atoms with Gasteiger partial charge in [-0.3, -0.25) is 9.59 Å². The van der Waals surface area contributed by atoms with E-state index in [2.05, 4.69) is 0 Å². The SMILES string of the molecule is CCOC(=O)CC1(N)COC1.CCOC(=O)CC1(N)COC1.O=C(O)C(=O)O. The van der Waals surface area contributed by atoms with Crippen molar-refractivity contribution >= 4 is 23.9 Å². The molecule has 0 atom stereocenters. The summed E-state index contributed by atoms with van der Waals surface area (Å²) in [5.41, 5.74) is 10.5. The lowest BCUT2D eigenvalue weighted by atomic mass is 9.95. The molecular formula is C16H28N2O10. The van der Waals surface area contributed by atoms with E-state index in [1.54, 1.807) is 13.8 Å². The van der Waals surface area contributed by atoms with Crippen LogP contribution in [0.2, 0.25) is 0 Å². The largest absolute Gasteiger partial charge is 0.473 e. The smallest absolute Gasteiger partial charge is 0.414 e. The van der Waals surface area contributed by atoms with Crippen molar-refractivity contribution < 1.29 is 48.3 Å². The third kappa shape index (κ3) is 10.8. The lowest BCUT2D eigenvalue weighted by molar-refractivity contribution is -0.159. The van der Waals surface area contributed by atoms with Gasteiger partial charge in [-0.1, -0.05) is 0 Å². The van der Waals surface area contributed by atoms with Crippen LogP contribution in [0.25, 0.3) is 0 Å². The standard InChI is InChI=1S/2C7H13NO3.C2H2O4/c2*1-2-11-6(9)3-7(8)4-10-5-7;3-1(4)2(5)6/h2*2-5,8H2,1H3;(H,3,4)(H,5,6). The number of hydrogen-bond donors (Lipinski definition) is 4. The monoisotopic (exact) mass is 408 g/mol. The van der Waals surface area contributed by atoms with Crippen molar-refractivity contribution in [3.63, 3.8) is 0 Å². The summed E-state index contributed by atoms with van der Waals surface area (Å²) >= 11 is 0. The van der Waals surface area contributed by atoms with Crippen molar-refractivity contribution in [3.8, 4) is 0 Å². The normalized spacial score (nSPS) is 17.7. The lowest BCUT2D eigenvalue weighted by Gasteiger charge is -2.36. The molecule has 0 aliphatic carbocycles. The molecule has 28 heavy (non-hydrogen) atoms. The molecule has 0 saturated carbocycles. The van der Waals surface area contributed by atoms with Gasteiger partial charge in [0.1, 0.15) is 0 Å². The first-order valence-corrected chi connectivity index (χ1v) is 8.47. The van der Waals surface area contributed by atoms with Crippen LogP contribution in [-0.2, 0) is 38.1 Å². The van der Waals surface area contributed by atoms with E-state index in [0.29, 0.717) is 39.6 Å². The minimum Gasteiger partial charge on any atom is -0.473 e. The Morgan fingerprint density at radius 1 is 0.786 bits per heavy atom. The van der Waals surface area contributed by atoms with Crippen LogP contribution in [-0.4, -0.2) is 84.8 Å². The summed E-state index contributed by atoms with van der Waals surface area (Å²) in [5, 5.41) is 14.8. The molecule has 2 fully saturated rings. The van der Waals surface area contributed by atoms with Crippen LogP contribution in [0.1, 0.15) is 26.7 Å². The first kappa shape index (κ1) is 25.7. The van der Waals surface area contributed by atoms with Crippen molar-refractivity contribution in [3.05, 3.63) is 0 Å². The molecule has 0 aromatic heterocycles. The number of nitrogens with two attached hydrogens (primary N) is 2. The first-order valence-electron chi connectivity index (χ1n) is 8.47. The predicted octanol–water partition coefficient (Wildman–Crippen LogP) is -1.51. The minimum atomic E-state index is -1.82. The second-order valence-corrected chi connectivity index (χ2v) is 6.28. The average molecular weight is 408 g/mol. The van der Waals surface area contributed by atoms with Crippen LogP contribution in [0.3, 0.4) is 0 Å². The number of esters is 2. The third-order valence-corrected chi connectivity index (χ3v) is 3.34. The topological polar surface area (TPSA) is 198 Å². The number of carboxylic acids is 2. The molecule has 2 saturated heterocycles. The summed E-state index contributed by atoms with van der Waals surface area (Å²) in [5.74, 6) is -4.12. The fourth-order valence-electron chi connectivity index (χ4n) is 1.93. The molecular weight excluding hydrogens is 380 g/mol. The zero-order valence-electron chi connectivity index (χ0n) is 16.0. The summed E-state index contributed by atoms with van der Waals surface area (Å²) in [6.45, 7) is 6.23. The Kier molecular flexibility index (Phi) is 11.2. The van der Waals surface area contributed by atoms with Crippen molar-refractivity contribution in [1.82, 2.24) is 0 Å². The molecule has 0 aromatic carbocycles. The van der Waals surface area contributed by atoms with E-state index in [1.165, 1.54) is 0 Å². The Morgan fingerprint density at radius 2 is 1.07 bits per heavy atom. The van der Waals surface area contributed by atoms with Gasteiger partial charge < -0.3 is 40.6 Å². The van der Waals surface area contributed by atoms with Gasteiger partial charge in [-0.05, 0) is 13.8 Å². The summed E-state index contributed by atoms with van der Waals surface area (Å²) in [6, 6.07) is 0. The van der Waals surface area contributed by atoms with Gasteiger partial charge in [0.05, 0.1) is 63.6 Å². The molecule has 12 nitrogen and oxygen atoms in total. The second-order valence-electron chi connectivity index (χ2n) is 6.28. The number of rotatable bonds is 6. The predicted molar refractivity (Wildman–Crippen MR) is 93.2 cm³/mol. The number of hydrogen-bond acceptors (Lipinski definition) is 10. The third-order valence-electron chi connectivity index (χ3n) is 3.34. The van der Waals surface area contributed by atoms with Gasteiger partial charge >= 0.3 is 23.9 Å². The van der Waals surface area contributed by atoms with Crippen molar-refractivity contribution in [1.29, 1.82) is 0 Å². The molecule has 2 aliphatic heterocycles. The highest BCUT2D eigenvalue weighted by Crippen LogP contribution is 2.18. The first-order chi connectivity index (χ1) is 13.0. The number of carbonyl (C=O) groups excluding carboxylic acids is 2. The molecule has 2 rings (SSSR count). The molecule has 2 heterocycles. The van der Waals surface area contributed by atoms with Gasteiger partial charge in [0, 0.05) is 0 Å². The minimum absolute atomic E-state index is 0.238. The van der Waals surface area contributed by atoms with E-state index in [-0.39, 0.29) is 24.8 Å². The van der Waals surface area contributed by atoms with Crippen LogP contribution in [0.15, 0.2) is 0 Å². The second kappa shape index (κ2) is 12.2. The van der Waals surface area contributed by atoms with E-state index in [0.717, 1.165) is 0 Å². The maximum Gasteiger partial charge on any atom is 0.414 e. The highest BCUT2D eigenvalue weighted by molar-refractivity contribution is 6.27. The van der Waals surface area contributed by atoms with Gasteiger partial charge in [-0.25, -0.2) is 9.59 Å². The maximum absolute atomic E-state index is 10.9. The lowest BCUT2D eigenvalue weighted by Crippen LogP contribution is -2.58. The maximum atomic E-state index is 10.9. The summed E-state index contributed by atoms with van der Waals surface area (Å²) in [4.78, 5) is 40.0. The Bertz CT molecular complexity index is 496. The van der Waals surface area contributed by atoms with E-state index in [9.17, 15) is 9.59 Å². The molecule has 0 amide bonds. The molecule has 2 aliphatic rings. The van der Waals surface area contributed by atoms with Crippen molar-refractivity contribution in [2.45, 2.75) is 37.8 Å². The van der Waals surface area contributed by atoms with E-state index < -0.39 is 23.0 Å². The van der Waals surface area contributed by atoms with Crippen LogP contribution in [0.4, 0.5) is 0 Å². The van der Waals surface area contributed by atoms with Crippen LogP contribution in [0.5, 0.6) is 0 Å². The highest BCUT2D eigenvalue weighted by Gasteiger charge is 2.37. The molecule has 12 heteroatoms. The zero-order valence-corrected chi connectivity index (χ0v) is 16.0. The van der Waals surface area contributed by atoms with Gasteiger partial charge in [0.2, 0.25) is 0 Å². The van der Waals surface area contributed by atoms with Crippen molar-refractivity contribution in [2.24, 2.45) is 11.5 Å². The average Bonchev–Trinajstić information content (AvgIpc) is 2.53. The Morgan fingerprint density at radius 3 is 1.21 bits per heavy atom. The Hall–Kier alpha value is -2.28. The van der Waals surface area contributed by atoms with E-state index >= 15 is 0 Å². The quantitative estimate of drug-likeness (QED) is 0.293. The zero-order chi connectivity index (χ0) is 21.8. The van der Waals surface area contributed by atoms with Crippen LogP contribution in [0, 0.1) is 0 Å². The van der Waals surface area contributed by atoms with Crippen LogP contribution < -0.4 is 11.5 Å². The summed E-state index contributed by atoms with van der Waals surface area (Å²) < 4.78 is 19.2. The highest BCUT2D eigenvalue weighted by atomic mass is 16.5. The molecule has 0 spiro atoms. The number of carboxylic acid groups (broad SMARTS) is 2. The van der Waals surface area contributed by atoms with Crippen LogP contribution >= 0.6 is 0 Å².